The molecule has 0 bridgehead atoms. The van der Waals surface area contributed by atoms with Crippen LogP contribution in [-0.4, -0.2) is 16.0 Å². The van der Waals surface area contributed by atoms with Crippen molar-refractivity contribution in [1.82, 2.24) is 5.32 Å². The molecule has 1 aliphatic carbocycles. The van der Waals surface area contributed by atoms with E-state index in [9.17, 15) is 0 Å². The van der Waals surface area contributed by atoms with E-state index in [1.165, 1.54) is 64.3 Å². The first-order valence-electron chi connectivity index (χ1n) is 7.96. The average molecular weight is 365 g/mol. The first-order valence-corrected chi connectivity index (χ1v) is 9.03. The first-order chi connectivity index (χ1) is 8.53. The zero-order valence-corrected chi connectivity index (χ0v) is 14.8. The quantitative estimate of drug-likeness (QED) is 0.525. The predicted octanol–water partition coefficient (Wildman–Crippen LogP) is 5.32. The molecule has 2 heteroatoms. The third kappa shape index (κ3) is 7.32. The molecule has 0 amide bonds. The maximum absolute atomic E-state index is 3.71. The molecule has 0 aromatic carbocycles. The van der Waals surface area contributed by atoms with Crippen molar-refractivity contribution in [2.45, 2.75) is 88.0 Å². The second-order valence-corrected chi connectivity index (χ2v) is 9.09. The van der Waals surface area contributed by atoms with Gasteiger partial charge in [-0.3, -0.25) is 0 Å². The lowest BCUT2D eigenvalue weighted by Crippen LogP contribution is -2.31. The fourth-order valence-electron chi connectivity index (χ4n) is 2.77. The lowest BCUT2D eigenvalue weighted by atomic mass is 9.87. The summed E-state index contributed by atoms with van der Waals surface area (Å²) in [6.07, 6.45) is 12.7. The van der Waals surface area contributed by atoms with Crippen LogP contribution >= 0.6 is 22.6 Å². The molecule has 0 spiro atoms. The van der Waals surface area contributed by atoms with E-state index >= 15 is 0 Å². The van der Waals surface area contributed by atoms with Gasteiger partial charge in [-0.2, -0.15) is 0 Å². The van der Waals surface area contributed by atoms with E-state index in [-0.39, 0.29) is 0 Å². The fraction of sp³-hybridized carbons (Fsp3) is 1.00. The van der Waals surface area contributed by atoms with Crippen LogP contribution in [0.4, 0.5) is 0 Å². The Hall–Kier alpha value is 0.690. The van der Waals surface area contributed by atoms with E-state index in [1.54, 1.807) is 0 Å². The van der Waals surface area contributed by atoms with Gasteiger partial charge in [-0.1, -0.05) is 62.1 Å². The van der Waals surface area contributed by atoms with E-state index in [0.717, 1.165) is 5.92 Å². The normalized spacial score (nSPS) is 33.0. The first kappa shape index (κ1) is 16.7. The molecular weight excluding hydrogens is 333 g/mol. The Morgan fingerprint density at radius 2 is 1.89 bits per heavy atom. The highest BCUT2D eigenvalue weighted by Crippen LogP contribution is 2.34. The molecule has 0 radical (unpaired) electrons. The van der Waals surface area contributed by atoms with E-state index in [4.69, 9.17) is 0 Å². The van der Waals surface area contributed by atoms with Crippen molar-refractivity contribution in [3.63, 3.8) is 0 Å². The monoisotopic (exact) mass is 365 g/mol. The van der Waals surface area contributed by atoms with Gasteiger partial charge in [0.1, 0.15) is 0 Å². The largest absolute Gasteiger partial charge is 0.314 e. The van der Waals surface area contributed by atoms with Gasteiger partial charge in [-0.15, -0.1) is 0 Å². The lowest BCUT2D eigenvalue weighted by Gasteiger charge is -2.28. The highest BCUT2D eigenvalue weighted by molar-refractivity contribution is 14.1. The highest BCUT2D eigenvalue weighted by atomic mass is 127. The third-order valence-corrected chi connectivity index (χ3v) is 5.58. The summed E-state index contributed by atoms with van der Waals surface area (Å²) in [7, 11) is 0. The second kappa shape index (κ2) is 8.78. The summed E-state index contributed by atoms with van der Waals surface area (Å²) in [5.41, 5.74) is 0. The highest BCUT2D eigenvalue weighted by Gasteiger charge is 2.22. The minimum atomic E-state index is 0.545. The number of rotatable bonds is 4. The number of hydrogen-bond donors (Lipinski definition) is 1. The van der Waals surface area contributed by atoms with Crippen molar-refractivity contribution >= 4 is 22.6 Å². The topological polar surface area (TPSA) is 12.0 Å². The summed E-state index contributed by atoms with van der Waals surface area (Å²) >= 11 is 2.70. The number of nitrogens with one attached hydrogen (secondary N) is 1. The number of alkyl halides is 1. The van der Waals surface area contributed by atoms with Gasteiger partial charge >= 0.3 is 0 Å². The van der Waals surface area contributed by atoms with Gasteiger partial charge in [0.15, 0.2) is 0 Å². The maximum atomic E-state index is 3.71. The molecular formula is C16H32IN. The Morgan fingerprint density at radius 3 is 2.61 bits per heavy atom. The molecule has 1 rings (SSSR count). The van der Waals surface area contributed by atoms with Gasteiger partial charge in [0, 0.05) is 9.46 Å². The van der Waals surface area contributed by atoms with Crippen molar-refractivity contribution in [2.24, 2.45) is 5.92 Å². The molecule has 1 aliphatic rings. The second-order valence-electron chi connectivity index (χ2n) is 6.49. The standard InChI is InChI=1S/C16H32IN/c1-4-14(2)18-13-15-9-7-5-6-8-11-16(3,17)12-10-15/h14-15,18H,4-13H2,1-3H3. The Bertz CT molecular complexity index is 215. The van der Waals surface area contributed by atoms with Gasteiger partial charge in [0.25, 0.3) is 0 Å². The third-order valence-electron chi connectivity index (χ3n) is 4.50. The molecule has 18 heavy (non-hydrogen) atoms. The lowest BCUT2D eigenvalue weighted by molar-refractivity contribution is 0.340. The molecule has 0 aromatic heterocycles. The van der Waals surface area contributed by atoms with Gasteiger partial charge in [0.2, 0.25) is 0 Å². The molecule has 3 unspecified atom stereocenters. The van der Waals surface area contributed by atoms with Crippen LogP contribution < -0.4 is 5.32 Å². The molecule has 0 aliphatic heterocycles. The van der Waals surface area contributed by atoms with Crippen LogP contribution in [0.15, 0.2) is 0 Å². The van der Waals surface area contributed by atoms with Crippen LogP contribution in [-0.2, 0) is 0 Å². The Labute approximate surface area is 128 Å². The van der Waals surface area contributed by atoms with Crippen LogP contribution in [0.5, 0.6) is 0 Å². The van der Waals surface area contributed by atoms with Crippen LogP contribution in [0.2, 0.25) is 0 Å². The Balaban J connectivity index is 2.38. The molecule has 108 valence electrons. The van der Waals surface area contributed by atoms with Crippen LogP contribution in [0.25, 0.3) is 0 Å². The Kier molecular flexibility index (Phi) is 8.17. The predicted molar refractivity (Wildman–Crippen MR) is 90.6 cm³/mol. The summed E-state index contributed by atoms with van der Waals surface area (Å²) < 4.78 is 0.545. The van der Waals surface area contributed by atoms with E-state index in [1.807, 2.05) is 0 Å². The summed E-state index contributed by atoms with van der Waals surface area (Å²) in [5, 5.41) is 3.71. The summed E-state index contributed by atoms with van der Waals surface area (Å²) in [4.78, 5) is 0. The summed E-state index contributed by atoms with van der Waals surface area (Å²) in [5.74, 6) is 0.909. The number of halogens is 1. The number of hydrogen-bond acceptors (Lipinski definition) is 1. The van der Waals surface area contributed by atoms with Crippen LogP contribution in [0, 0.1) is 5.92 Å². The molecule has 0 aromatic rings. The SMILES string of the molecule is CCC(C)NCC1CCCCCCC(C)(I)CC1. The molecule has 1 N–H and O–H groups in total. The zero-order valence-electron chi connectivity index (χ0n) is 12.6. The average Bonchev–Trinajstić information content (AvgIpc) is 2.35. The van der Waals surface area contributed by atoms with Crippen LogP contribution in [0.3, 0.4) is 0 Å². The molecule has 1 nitrogen and oxygen atoms in total. The van der Waals surface area contributed by atoms with Gasteiger partial charge in [-0.25, -0.2) is 0 Å². The van der Waals surface area contributed by atoms with Gasteiger partial charge < -0.3 is 5.32 Å². The fourth-order valence-corrected chi connectivity index (χ4v) is 3.46. The molecule has 3 atom stereocenters. The zero-order chi connectivity index (χ0) is 13.4. The molecule has 1 saturated carbocycles. The minimum Gasteiger partial charge on any atom is -0.314 e. The van der Waals surface area contributed by atoms with E-state index in [2.05, 4.69) is 48.7 Å². The smallest absolute Gasteiger partial charge is 0.0194 e. The van der Waals surface area contributed by atoms with Gasteiger partial charge in [0.05, 0.1) is 0 Å². The summed E-state index contributed by atoms with van der Waals surface area (Å²) in [6.45, 7) is 8.27. The van der Waals surface area contributed by atoms with Crippen molar-refractivity contribution in [1.29, 1.82) is 0 Å². The van der Waals surface area contributed by atoms with Crippen molar-refractivity contribution in [3.8, 4) is 0 Å². The summed E-state index contributed by atoms with van der Waals surface area (Å²) in [6, 6.07) is 0.686. The van der Waals surface area contributed by atoms with Crippen molar-refractivity contribution < 1.29 is 0 Å². The van der Waals surface area contributed by atoms with E-state index < -0.39 is 0 Å². The minimum absolute atomic E-state index is 0.545. The van der Waals surface area contributed by atoms with Gasteiger partial charge in [-0.05, 0) is 51.5 Å². The maximum Gasteiger partial charge on any atom is 0.0194 e. The van der Waals surface area contributed by atoms with E-state index in [0.29, 0.717) is 9.46 Å². The molecule has 0 heterocycles. The van der Waals surface area contributed by atoms with Crippen molar-refractivity contribution in [2.75, 3.05) is 6.54 Å². The Morgan fingerprint density at radius 1 is 1.17 bits per heavy atom. The van der Waals surface area contributed by atoms with Crippen LogP contribution in [0.1, 0.15) is 78.6 Å². The molecule has 0 saturated heterocycles. The van der Waals surface area contributed by atoms with Crippen molar-refractivity contribution in [3.05, 3.63) is 0 Å². The molecule has 1 fully saturated rings.